The van der Waals surface area contributed by atoms with Crippen LogP contribution < -0.4 is 27.0 Å². The number of nitro benzene ring substituents is 2. The van der Waals surface area contributed by atoms with E-state index in [4.69, 9.17) is 5.73 Å². The second-order valence-electron chi connectivity index (χ2n) is 12.0. The smallest absolute Gasteiger partial charge is 0.326 e. The molecule has 0 aliphatic carbocycles. The van der Waals surface area contributed by atoms with Crippen LogP contribution in [0.1, 0.15) is 55.5 Å². The zero-order valence-electron chi connectivity index (χ0n) is 27.7. The number of benzene rings is 3. The summed E-state index contributed by atoms with van der Waals surface area (Å²) in [4.78, 5) is 73.2. The Bertz CT molecular complexity index is 1680. The number of hydrogen-bond donors (Lipinski definition) is 6. The summed E-state index contributed by atoms with van der Waals surface area (Å²) >= 11 is 0. The number of nitrogen functional groups attached to an aromatic ring is 1. The van der Waals surface area contributed by atoms with Crippen molar-refractivity contribution in [3.8, 4) is 0 Å². The SMILES string of the molecule is CC(C)C[C@H](NC(=O)c1ccccc1N)C(=O)N[C@@H](Cc1ccccc1)C(=O)N[C@@H](CCCCNc1ccc([N+](=O)[O-])cc1[N+](=O)[O-])C(=O)O. The number of unbranched alkanes of at least 4 members (excludes halogenated alkanes) is 1. The number of hydrogen-bond acceptors (Lipinski definition) is 10. The van der Waals surface area contributed by atoms with E-state index in [0.717, 1.165) is 12.1 Å². The zero-order valence-corrected chi connectivity index (χ0v) is 27.7. The third-order valence-corrected chi connectivity index (χ3v) is 7.69. The molecule has 16 heteroatoms. The number of amides is 3. The zero-order chi connectivity index (χ0) is 36.8. The van der Waals surface area contributed by atoms with Crippen molar-refractivity contribution in [2.75, 3.05) is 17.6 Å². The molecule has 0 heterocycles. The summed E-state index contributed by atoms with van der Waals surface area (Å²) in [7, 11) is 0. The number of rotatable bonds is 19. The number of carbonyl (C=O) groups excluding carboxylic acids is 3. The van der Waals surface area contributed by atoms with Crippen molar-refractivity contribution in [3.63, 3.8) is 0 Å². The molecule has 3 amide bonds. The lowest BCUT2D eigenvalue weighted by Crippen LogP contribution is -2.56. The van der Waals surface area contributed by atoms with E-state index in [-0.39, 0.29) is 55.1 Å². The molecular weight excluding hydrogens is 650 g/mol. The number of aliphatic carboxylic acids is 1. The van der Waals surface area contributed by atoms with E-state index in [1.165, 1.54) is 12.1 Å². The van der Waals surface area contributed by atoms with Crippen molar-refractivity contribution < 1.29 is 34.1 Å². The Kier molecular flexibility index (Phi) is 14.2. The molecule has 266 valence electrons. The highest BCUT2D eigenvalue weighted by Gasteiger charge is 2.30. The van der Waals surface area contributed by atoms with Crippen LogP contribution in [0.5, 0.6) is 0 Å². The van der Waals surface area contributed by atoms with Crippen molar-refractivity contribution in [3.05, 3.63) is 104 Å². The summed E-state index contributed by atoms with van der Waals surface area (Å²) in [5, 5.41) is 43.0. The first-order valence-electron chi connectivity index (χ1n) is 16.0. The third kappa shape index (κ3) is 11.6. The summed E-state index contributed by atoms with van der Waals surface area (Å²) in [5.41, 5.74) is 6.25. The minimum Gasteiger partial charge on any atom is -0.480 e. The predicted octanol–water partition coefficient (Wildman–Crippen LogP) is 3.81. The summed E-state index contributed by atoms with van der Waals surface area (Å²) in [6.45, 7) is 3.93. The Morgan fingerprint density at radius 3 is 2.06 bits per heavy atom. The number of carbonyl (C=O) groups is 4. The second-order valence-corrected chi connectivity index (χ2v) is 12.0. The topological polar surface area (TPSA) is 249 Å². The average Bonchev–Trinajstić information content (AvgIpc) is 3.07. The fraction of sp³-hybridized carbons (Fsp3) is 0.353. The van der Waals surface area contributed by atoms with Gasteiger partial charge in [-0.15, -0.1) is 0 Å². The van der Waals surface area contributed by atoms with Crippen LogP contribution in [0.4, 0.5) is 22.7 Å². The lowest BCUT2D eigenvalue weighted by molar-refractivity contribution is -0.393. The molecule has 50 heavy (non-hydrogen) atoms. The van der Waals surface area contributed by atoms with E-state index in [1.807, 2.05) is 13.8 Å². The van der Waals surface area contributed by atoms with Crippen LogP contribution in [0.15, 0.2) is 72.8 Å². The second kappa shape index (κ2) is 18.5. The first-order chi connectivity index (χ1) is 23.8. The van der Waals surface area contributed by atoms with Gasteiger partial charge in [0, 0.05) is 24.7 Å². The first kappa shape index (κ1) is 38.4. The summed E-state index contributed by atoms with van der Waals surface area (Å²) < 4.78 is 0. The molecule has 3 aromatic carbocycles. The van der Waals surface area contributed by atoms with Gasteiger partial charge in [0.15, 0.2) is 0 Å². The van der Waals surface area contributed by atoms with E-state index in [9.17, 15) is 44.5 Å². The number of nitrogens with one attached hydrogen (secondary N) is 4. The Morgan fingerprint density at radius 1 is 0.800 bits per heavy atom. The molecule has 3 atom stereocenters. The summed E-state index contributed by atoms with van der Waals surface area (Å²) in [6.07, 6.45) is 0.920. The van der Waals surface area contributed by atoms with E-state index in [1.54, 1.807) is 48.5 Å². The first-order valence-corrected chi connectivity index (χ1v) is 16.0. The van der Waals surface area contributed by atoms with Crippen LogP contribution >= 0.6 is 0 Å². The maximum Gasteiger partial charge on any atom is 0.326 e. The number of nitrogens with two attached hydrogens (primary N) is 1. The number of carboxylic acids is 1. The Hall–Kier alpha value is -6.06. The minimum atomic E-state index is -1.32. The van der Waals surface area contributed by atoms with Crippen molar-refractivity contribution in [1.29, 1.82) is 0 Å². The quantitative estimate of drug-likeness (QED) is 0.0456. The maximum atomic E-state index is 13.6. The number of anilines is 2. The molecule has 3 aromatic rings. The van der Waals surface area contributed by atoms with Gasteiger partial charge in [0.25, 0.3) is 17.3 Å². The number of nitrogens with zero attached hydrogens (tertiary/aromatic N) is 2. The third-order valence-electron chi connectivity index (χ3n) is 7.69. The van der Waals surface area contributed by atoms with E-state index >= 15 is 0 Å². The normalized spacial score (nSPS) is 12.6. The average molecular weight is 692 g/mol. The van der Waals surface area contributed by atoms with Gasteiger partial charge in [0.05, 0.1) is 21.5 Å². The van der Waals surface area contributed by atoms with E-state index < -0.39 is 63.0 Å². The Balaban J connectivity index is 1.68. The highest BCUT2D eigenvalue weighted by Crippen LogP contribution is 2.29. The van der Waals surface area contributed by atoms with Gasteiger partial charge in [0.2, 0.25) is 11.8 Å². The number of para-hydroxylation sites is 1. The maximum absolute atomic E-state index is 13.6. The molecule has 0 saturated carbocycles. The van der Waals surface area contributed by atoms with Crippen LogP contribution in [0.2, 0.25) is 0 Å². The Labute approximate surface area is 288 Å². The molecule has 16 nitrogen and oxygen atoms in total. The molecular formula is C34H41N7O9. The number of non-ortho nitro benzene ring substituents is 1. The van der Waals surface area contributed by atoms with Gasteiger partial charge in [-0.3, -0.25) is 34.6 Å². The molecule has 0 radical (unpaired) electrons. The monoisotopic (exact) mass is 691 g/mol. The molecule has 0 aliphatic heterocycles. The van der Waals surface area contributed by atoms with Crippen LogP contribution in [0, 0.1) is 26.1 Å². The van der Waals surface area contributed by atoms with Gasteiger partial charge in [-0.25, -0.2) is 4.79 Å². The minimum absolute atomic E-state index is 0.00163. The van der Waals surface area contributed by atoms with Crippen molar-refractivity contribution in [1.82, 2.24) is 16.0 Å². The largest absolute Gasteiger partial charge is 0.480 e. The van der Waals surface area contributed by atoms with Gasteiger partial charge >= 0.3 is 5.97 Å². The number of carboxylic acid groups (broad SMARTS) is 1. The summed E-state index contributed by atoms with van der Waals surface area (Å²) in [6, 6.07) is 14.9. The van der Waals surface area contributed by atoms with Crippen LogP contribution in [-0.2, 0) is 20.8 Å². The molecule has 0 spiro atoms. The molecule has 0 aliphatic rings. The molecule has 0 aromatic heterocycles. The van der Waals surface area contributed by atoms with Gasteiger partial charge in [0.1, 0.15) is 23.8 Å². The van der Waals surface area contributed by atoms with Crippen LogP contribution in [0.25, 0.3) is 0 Å². The lowest BCUT2D eigenvalue weighted by atomic mass is 10.00. The molecule has 0 saturated heterocycles. The van der Waals surface area contributed by atoms with Crippen molar-refractivity contribution >= 4 is 46.4 Å². The fourth-order valence-electron chi connectivity index (χ4n) is 5.13. The lowest BCUT2D eigenvalue weighted by Gasteiger charge is -2.25. The fourth-order valence-corrected chi connectivity index (χ4v) is 5.13. The molecule has 0 fully saturated rings. The summed E-state index contributed by atoms with van der Waals surface area (Å²) in [5.74, 6) is -3.24. The van der Waals surface area contributed by atoms with Crippen molar-refractivity contribution in [2.24, 2.45) is 5.92 Å². The number of nitro groups is 2. The molecule has 7 N–H and O–H groups in total. The van der Waals surface area contributed by atoms with Gasteiger partial charge < -0.3 is 32.1 Å². The molecule has 0 bridgehead atoms. The van der Waals surface area contributed by atoms with Crippen molar-refractivity contribution in [2.45, 2.75) is 64.1 Å². The highest BCUT2D eigenvalue weighted by atomic mass is 16.6. The highest BCUT2D eigenvalue weighted by molar-refractivity contribution is 6.02. The predicted molar refractivity (Wildman–Crippen MR) is 185 cm³/mol. The Morgan fingerprint density at radius 2 is 1.44 bits per heavy atom. The standard InChI is InChI=1S/C34H41N7O9/c1-21(2)18-28(38-31(42)24-12-6-7-13-25(24)35)32(43)39-29(19-22-10-4-3-5-11-22)33(44)37-27(34(45)46)14-8-9-17-36-26-16-15-23(40(47)48)20-30(26)41(49)50/h3-7,10-13,15-16,20-21,27-29,36H,8-9,14,17-19,35H2,1-2H3,(H,37,44)(H,38,42)(H,39,43)(H,45,46)/t27-,28-,29-/m0/s1. The van der Waals surface area contributed by atoms with E-state index in [2.05, 4.69) is 21.3 Å². The molecule has 3 rings (SSSR count). The van der Waals surface area contributed by atoms with Gasteiger partial charge in [-0.2, -0.15) is 0 Å². The van der Waals surface area contributed by atoms with Crippen LogP contribution in [-0.4, -0.2) is 63.3 Å². The molecule has 0 unspecified atom stereocenters. The van der Waals surface area contributed by atoms with Crippen LogP contribution in [0.3, 0.4) is 0 Å². The van der Waals surface area contributed by atoms with Gasteiger partial charge in [-0.05, 0) is 55.4 Å². The van der Waals surface area contributed by atoms with E-state index in [0.29, 0.717) is 12.0 Å². The van der Waals surface area contributed by atoms with Gasteiger partial charge in [-0.1, -0.05) is 56.3 Å².